The number of nitrogens with two attached hydrogens (primary N) is 1. The van der Waals surface area contributed by atoms with Crippen LogP contribution >= 0.6 is 0 Å². The van der Waals surface area contributed by atoms with Crippen molar-refractivity contribution in [2.45, 2.75) is 43.8 Å². The van der Waals surface area contributed by atoms with E-state index in [1.54, 1.807) is 12.1 Å². The highest BCUT2D eigenvalue weighted by Gasteiger charge is 2.52. The van der Waals surface area contributed by atoms with Crippen molar-refractivity contribution < 1.29 is 17.7 Å². The number of hydrogen-bond donors (Lipinski definition) is 1. The Morgan fingerprint density at radius 1 is 1.14 bits per heavy atom. The predicted octanol–water partition coefficient (Wildman–Crippen LogP) is 0.393. The zero-order valence-corrected chi connectivity index (χ0v) is 13.2. The van der Waals surface area contributed by atoms with Crippen molar-refractivity contribution in [2.24, 2.45) is 10.1 Å². The summed E-state index contributed by atoms with van der Waals surface area (Å²) < 4.78 is 38.9. The van der Waals surface area contributed by atoms with E-state index in [0.29, 0.717) is 5.56 Å². The van der Waals surface area contributed by atoms with Crippen LogP contribution in [-0.2, 0) is 19.3 Å². The SMILES string of the molecule is CC1(C)OB(c2ccc3c(c2)C(N)=NS3(=O)=O)OC1(C)C. The molecule has 0 aromatic heterocycles. The Hall–Kier alpha value is -1.38. The van der Waals surface area contributed by atoms with Gasteiger partial charge in [-0.15, -0.1) is 4.40 Å². The highest BCUT2D eigenvalue weighted by Crippen LogP contribution is 2.36. The lowest BCUT2D eigenvalue weighted by Crippen LogP contribution is -2.41. The molecule has 0 saturated carbocycles. The number of rotatable bonds is 1. The second-order valence-electron chi connectivity index (χ2n) is 6.30. The fourth-order valence-corrected chi connectivity index (χ4v) is 3.46. The number of hydrogen-bond acceptors (Lipinski definition) is 5. The summed E-state index contributed by atoms with van der Waals surface area (Å²) >= 11 is 0. The molecule has 21 heavy (non-hydrogen) atoms. The maximum atomic E-state index is 11.8. The second-order valence-corrected chi connectivity index (χ2v) is 7.87. The molecular weight excluding hydrogens is 291 g/mol. The molecule has 1 saturated heterocycles. The van der Waals surface area contributed by atoms with Crippen molar-refractivity contribution >= 4 is 28.4 Å². The molecule has 2 heterocycles. The first-order valence-corrected chi connectivity index (χ1v) is 8.08. The van der Waals surface area contributed by atoms with E-state index in [1.165, 1.54) is 6.07 Å². The van der Waals surface area contributed by atoms with E-state index >= 15 is 0 Å². The monoisotopic (exact) mass is 308 g/mol. The van der Waals surface area contributed by atoms with Crippen LogP contribution < -0.4 is 11.2 Å². The third kappa shape index (κ3) is 2.09. The minimum Gasteiger partial charge on any atom is -0.399 e. The summed E-state index contributed by atoms with van der Waals surface area (Å²) in [5.41, 5.74) is 5.90. The standard InChI is InChI=1S/C13H17BN2O4S/c1-12(2)13(3,4)20-14(19-12)8-5-6-10-9(7-8)11(15)16-21(10,17)18/h5-7H,1-4H3,(H2,15,16). The van der Waals surface area contributed by atoms with Crippen LogP contribution in [0.2, 0.25) is 0 Å². The van der Waals surface area contributed by atoms with Crippen LogP contribution in [0.4, 0.5) is 0 Å². The van der Waals surface area contributed by atoms with Crippen molar-refractivity contribution in [3.8, 4) is 0 Å². The average Bonchev–Trinajstić information content (AvgIpc) is 2.70. The third-order valence-electron chi connectivity index (χ3n) is 4.30. The summed E-state index contributed by atoms with van der Waals surface area (Å²) in [4.78, 5) is 0.125. The molecule has 0 bridgehead atoms. The number of nitrogens with zero attached hydrogens (tertiary/aromatic N) is 1. The molecular formula is C13H17BN2O4S. The van der Waals surface area contributed by atoms with E-state index in [-0.39, 0.29) is 10.7 Å². The zero-order valence-electron chi connectivity index (χ0n) is 12.4. The van der Waals surface area contributed by atoms with Crippen LogP contribution in [0.25, 0.3) is 0 Å². The molecule has 0 atom stereocenters. The van der Waals surface area contributed by atoms with Gasteiger partial charge in [0.05, 0.1) is 11.2 Å². The third-order valence-corrected chi connectivity index (χ3v) is 5.65. The number of benzene rings is 1. The lowest BCUT2D eigenvalue weighted by molar-refractivity contribution is 0.00578. The molecule has 1 aromatic carbocycles. The topological polar surface area (TPSA) is 91.0 Å². The van der Waals surface area contributed by atoms with Crippen molar-refractivity contribution in [3.63, 3.8) is 0 Å². The van der Waals surface area contributed by atoms with Gasteiger partial charge in [-0.25, -0.2) is 0 Å². The first-order valence-electron chi connectivity index (χ1n) is 6.64. The van der Waals surface area contributed by atoms with Gasteiger partial charge in [0.2, 0.25) is 0 Å². The highest BCUT2D eigenvalue weighted by atomic mass is 32.2. The molecule has 1 fully saturated rings. The van der Waals surface area contributed by atoms with Crippen LogP contribution in [0, 0.1) is 0 Å². The molecule has 0 spiro atoms. The molecule has 1 aromatic rings. The molecule has 2 aliphatic heterocycles. The van der Waals surface area contributed by atoms with Gasteiger partial charge in [0.1, 0.15) is 10.7 Å². The minimum absolute atomic E-state index is 0.00312. The zero-order chi connectivity index (χ0) is 15.6. The molecule has 3 rings (SSSR count). The first-order chi connectivity index (χ1) is 9.53. The Bertz CT molecular complexity index is 739. The molecule has 2 N–H and O–H groups in total. The van der Waals surface area contributed by atoms with Gasteiger partial charge in [0.15, 0.2) is 0 Å². The van der Waals surface area contributed by atoms with E-state index in [4.69, 9.17) is 15.0 Å². The van der Waals surface area contributed by atoms with Crippen molar-refractivity contribution in [3.05, 3.63) is 23.8 Å². The maximum absolute atomic E-state index is 11.8. The molecule has 2 aliphatic rings. The van der Waals surface area contributed by atoms with Crippen molar-refractivity contribution in [1.29, 1.82) is 0 Å². The normalized spacial score (nSPS) is 24.8. The van der Waals surface area contributed by atoms with Crippen LogP contribution in [0.1, 0.15) is 33.3 Å². The fourth-order valence-electron chi connectivity index (χ4n) is 2.33. The highest BCUT2D eigenvalue weighted by molar-refractivity contribution is 7.90. The van der Waals surface area contributed by atoms with Crippen LogP contribution in [-0.4, -0.2) is 32.6 Å². The lowest BCUT2D eigenvalue weighted by Gasteiger charge is -2.32. The van der Waals surface area contributed by atoms with E-state index in [0.717, 1.165) is 5.46 Å². The maximum Gasteiger partial charge on any atom is 0.494 e. The quantitative estimate of drug-likeness (QED) is 0.758. The molecule has 0 unspecified atom stereocenters. The van der Waals surface area contributed by atoms with E-state index in [1.807, 2.05) is 27.7 Å². The van der Waals surface area contributed by atoms with Crippen LogP contribution in [0.5, 0.6) is 0 Å². The Balaban J connectivity index is 2.01. The van der Waals surface area contributed by atoms with E-state index in [9.17, 15) is 8.42 Å². The van der Waals surface area contributed by atoms with Gasteiger partial charge < -0.3 is 15.0 Å². The average molecular weight is 308 g/mol. The first kappa shape index (κ1) is 14.6. The molecule has 112 valence electrons. The summed E-state index contributed by atoms with van der Waals surface area (Å²) in [5, 5.41) is 0. The summed E-state index contributed by atoms with van der Waals surface area (Å²) in [6, 6.07) is 4.84. The Labute approximate surface area is 124 Å². The summed E-state index contributed by atoms with van der Waals surface area (Å²) in [5.74, 6) is 0.00312. The second kappa shape index (κ2) is 4.09. The van der Waals surface area contributed by atoms with E-state index < -0.39 is 28.3 Å². The summed E-state index contributed by atoms with van der Waals surface area (Å²) in [6.07, 6.45) is 0. The fraction of sp³-hybridized carbons (Fsp3) is 0.462. The van der Waals surface area contributed by atoms with Gasteiger partial charge in [0, 0.05) is 5.56 Å². The largest absolute Gasteiger partial charge is 0.494 e. The van der Waals surface area contributed by atoms with Crippen LogP contribution in [0.3, 0.4) is 0 Å². The Morgan fingerprint density at radius 2 is 1.71 bits per heavy atom. The summed E-state index contributed by atoms with van der Waals surface area (Å²) in [6.45, 7) is 7.84. The van der Waals surface area contributed by atoms with Crippen molar-refractivity contribution in [2.75, 3.05) is 0 Å². The lowest BCUT2D eigenvalue weighted by atomic mass is 9.78. The molecule has 0 radical (unpaired) electrons. The summed E-state index contributed by atoms with van der Waals surface area (Å²) in [7, 11) is -4.22. The Kier molecular flexibility index (Phi) is 2.83. The van der Waals surface area contributed by atoms with Gasteiger partial charge in [-0.3, -0.25) is 0 Å². The van der Waals surface area contributed by atoms with Gasteiger partial charge in [-0.05, 0) is 39.2 Å². The minimum atomic E-state index is -3.66. The van der Waals surface area contributed by atoms with Gasteiger partial charge in [-0.1, -0.05) is 12.1 Å². The molecule has 6 nitrogen and oxygen atoms in total. The number of fused-ring (bicyclic) bond motifs is 1. The Morgan fingerprint density at radius 3 is 2.29 bits per heavy atom. The van der Waals surface area contributed by atoms with Crippen molar-refractivity contribution in [1.82, 2.24) is 0 Å². The molecule has 0 amide bonds. The van der Waals surface area contributed by atoms with E-state index in [2.05, 4.69) is 4.40 Å². The predicted molar refractivity (Wildman–Crippen MR) is 80.1 cm³/mol. The van der Waals surface area contributed by atoms with Gasteiger partial charge >= 0.3 is 7.12 Å². The molecule has 0 aliphatic carbocycles. The van der Waals surface area contributed by atoms with Crippen LogP contribution in [0.15, 0.2) is 27.5 Å². The molecule has 8 heteroatoms. The number of sulfonamides is 1. The number of amidine groups is 1. The van der Waals surface area contributed by atoms with Gasteiger partial charge in [0.25, 0.3) is 10.0 Å². The van der Waals surface area contributed by atoms with Gasteiger partial charge in [-0.2, -0.15) is 8.42 Å². The smallest absolute Gasteiger partial charge is 0.399 e.